The molecule has 0 fully saturated rings. The van der Waals surface area contributed by atoms with Gasteiger partial charge in [-0.1, -0.05) is 4.57 Å². The largest absolute Gasteiger partial charge is 0.392 e. The van der Waals surface area contributed by atoms with Crippen LogP contribution in [0.15, 0.2) is 0 Å². The van der Waals surface area contributed by atoms with Crippen molar-refractivity contribution in [3.8, 4) is 0 Å². The molecule has 0 bridgehead atoms. The maximum atomic E-state index is 10.4. The summed E-state index contributed by atoms with van der Waals surface area (Å²) < 4.78 is 10.4. The van der Waals surface area contributed by atoms with Gasteiger partial charge in [0.15, 0.2) is 6.16 Å². The van der Waals surface area contributed by atoms with Gasteiger partial charge in [0.2, 0.25) is 0 Å². The fraction of sp³-hybridized carbons (Fsp3) is 1.00. The van der Waals surface area contributed by atoms with Crippen LogP contribution in [0.2, 0.25) is 0 Å². The normalized spacial score (nSPS) is 11.4. The first-order chi connectivity index (χ1) is 3.31. The highest BCUT2D eigenvalue weighted by Crippen LogP contribution is 2.16. The second-order valence-electron chi connectivity index (χ2n) is 1.25. The molecule has 0 aliphatic carbocycles. The summed E-state index contributed by atoms with van der Waals surface area (Å²) in [6.45, 7) is 1.91. The minimum atomic E-state index is -1.08. The summed E-state index contributed by atoms with van der Waals surface area (Å²) in [4.78, 5) is 0. The molecule has 0 spiro atoms. The highest BCUT2D eigenvalue weighted by atomic mass is 31.1. The lowest BCUT2D eigenvalue weighted by Crippen LogP contribution is -1.85. The van der Waals surface area contributed by atoms with E-state index in [-0.39, 0.29) is 6.61 Å². The Hall–Kier alpha value is 0.0600. The van der Waals surface area contributed by atoms with Crippen LogP contribution in [0.25, 0.3) is 0 Å². The number of rotatable bonds is 3. The summed E-state index contributed by atoms with van der Waals surface area (Å²) in [5.41, 5.74) is 0. The first kappa shape index (κ1) is 7.06. The highest BCUT2D eigenvalue weighted by molar-refractivity contribution is 7.44. The van der Waals surface area contributed by atoms with Gasteiger partial charge < -0.3 is 5.11 Å². The minimum Gasteiger partial charge on any atom is -0.392 e. The molecule has 7 heavy (non-hydrogen) atoms. The number of aliphatic hydroxyl groups is 1. The molecule has 0 saturated carbocycles. The molecule has 0 radical (unpaired) electrons. The lowest BCUT2D eigenvalue weighted by molar-refractivity contribution is 0.320. The predicted octanol–water partition coefficient (Wildman–Crippen LogP) is 0.826. The van der Waals surface area contributed by atoms with Gasteiger partial charge in [-0.2, -0.15) is 0 Å². The van der Waals surface area contributed by atoms with E-state index >= 15 is 0 Å². The zero-order valence-electron chi connectivity index (χ0n) is 4.42. The van der Waals surface area contributed by atoms with Crippen molar-refractivity contribution in [3.63, 3.8) is 0 Å². The molecule has 0 saturated heterocycles. The molecule has 0 amide bonds. The lowest BCUT2D eigenvalue weighted by atomic mass is 10.9. The van der Waals surface area contributed by atoms with E-state index in [1.165, 1.54) is 0 Å². The van der Waals surface area contributed by atoms with Gasteiger partial charge >= 0.3 is 7.80 Å². The molecule has 0 aliphatic rings. The quantitative estimate of drug-likeness (QED) is 0.561. The van der Waals surface area contributed by atoms with Crippen LogP contribution in [0.1, 0.15) is 6.92 Å². The van der Waals surface area contributed by atoms with Crippen LogP contribution < -0.4 is 0 Å². The molecule has 1 N–H and O–H groups in total. The predicted molar refractivity (Wildman–Crippen MR) is 30.1 cm³/mol. The van der Waals surface area contributed by atoms with Gasteiger partial charge in [0.25, 0.3) is 0 Å². The lowest BCUT2D eigenvalue weighted by Gasteiger charge is -1.74. The molecular formula is C4H10O2P+. The van der Waals surface area contributed by atoms with Crippen molar-refractivity contribution in [2.24, 2.45) is 0 Å². The van der Waals surface area contributed by atoms with Crippen molar-refractivity contribution < 1.29 is 9.67 Å². The summed E-state index contributed by atoms with van der Waals surface area (Å²) in [5, 5.41) is 8.18. The number of aliphatic hydroxyl groups excluding tert-OH is 1. The standard InChI is InChI=1S/C4H10O2P/c1-2-7(6)4-3-5/h5H,2-4H2,1H3/q+1. The molecule has 2 nitrogen and oxygen atoms in total. The number of hydrogen-bond donors (Lipinski definition) is 1. The van der Waals surface area contributed by atoms with Crippen molar-refractivity contribution in [2.45, 2.75) is 6.92 Å². The van der Waals surface area contributed by atoms with Crippen molar-refractivity contribution in [1.82, 2.24) is 0 Å². The van der Waals surface area contributed by atoms with Crippen molar-refractivity contribution >= 4 is 7.80 Å². The van der Waals surface area contributed by atoms with Gasteiger partial charge in [-0.25, -0.2) is 0 Å². The van der Waals surface area contributed by atoms with E-state index < -0.39 is 7.80 Å². The van der Waals surface area contributed by atoms with E-state index in [2.05, 4.69) is 0 Å². The third-order valence-corrected chi connectivity index (χ3v) is 2.11. The van der Waals surface area contributed by atoms with Crippen LogP contribution in [0.4, 0.5) is 0 Å². The van der Waals surface area contributed by atoms with E-state index in [1.54, 1.807) is 0 Å². The zero-order valence-corrected chi connectivity index (χ0v) is 5.32. The molecule has 42 valence electrons. The zero-order chi connectivity index (χ0) is 5.70. The molecule has 0 heterocycles. The molecule has 1 atom stereocenters. The molecule has 0 rings (SSSR count). The van der Waals surface area contributed by atoms with Crippen LogP contribution in [-0.4, -0.2) is 24.0 Å². The maximum absolute atomic E-state index is 10.4. The molecule has 0 aromatic carbocycles. The average Bonchev–Trinajstić information content (AvgIpc) is 1.68. The van der Waals surface area contributed by atoms with Gasteiger partial charge in [-0.05, 0) is 6.92 Å². The van der Waals surface area contributed by atoms with Crippen LogP contribution in [0.5, 0.6) is 0 Å². The third-order valence-electron chi connectivity index (χ3n) is 0.702. The van der Waals surface area contributed by atoms with Crippen molar-refractivity contribution in [3.05, 3.63) is 0 Å². The fourth-order valence-electron chi connectivity index (χ4n) is 0.270. The Morgan fingerprint density at radius 1 is 1.71 bits per heavy atom. The van der Waals surface area contributed by atoms with Crippen LogP contribution >= 0.6 is 7.80 Å². The maximum Gasteiger partial charge on any atom is 0.340 e. The second kappa shape index (κ2) is 4.23. The van der Waals surface area contributed by atoms with E-state index in [1.807, 2.05) is 6.92 Å². The molecule has 0 aromatic rings. The summed E-state index contributed by atoms with van der Waals surface area (Å²) in [5.74, 6) is 0. The highest BCUT2D eigenvalue weighted by Gasteiger charge is 2.07. The fourth-order valence-corrected chi connectivity index (χ4v) is 0.809. The van der Waals surface area contributed by atoms with Gasteiger partial charge in [-0.3, -0.25) is 0 Å². The SMILES string of the molecule is CC[P+](=O)CCO. The molecule has 0 aromatic heterocycles. The Labute approximate surface area is 44.3 Å². The summed E-state index contributed by atoms with van der Waals surface area (Å²) in [6.07, 6.45) is 1.15. The monoisotopic (exact) mass is 121 g/mol. The summed E-state index contributed by atoms with van der Waals surface area (Å²) in [7, 11) is -1.08. The smallest absolute Gasteiger partial charge is 0.340 e. The van der Waals surface area contributed by atoms with Gasteiger partial charge in [0.1, 0.15) is 6.16 Å². The Balaban J connectivity index is 3.00. The van der Waals surface area contributed by atoms with Crippen LogP contribution in [0, 0.1) is 0 Å². The molecular weight excluding hydrogens is 111 g/mol. The first-order valence-corrected chi connectivity index (χ1v) is 3.97. The van der Waals surface area contributed by atoms with Crippen molar-refractivity contribution in [2.75, 3.05) is 18.9 Å². The minimum absolute atomic E-state index is 0.0586. The average molecular weight is 121 g/mol. The van der Waals surface area contributed by atoms with Gasteiger partial charge in [-0.15, -0.1) is 0 Å². The Morgan fingerprint density at radius 3 is 2.43 bits per heavy atom. The van der Waals surface area contributed by atoms with Gasteiger partial charge in [0, 0.05) is 0 Å². The van der Waals surface area contributed by atoms with Crippen LogP contribution in [-0.2, 0) is 4.57 Å². The van der Waals surface area contributed by atoms with Gasteiger partial charge in [0.05, 0.1) is 6.61 Å². The van der Waals surface area contributed by atoms with E-state index in [4.69, 9.17) is 5.11 Å². The Bertz CT molecular complexity index is 62.7. The molecule has 1 unspecified atom stereocenters. The first-order valence-electron chi connectivity index (χ1n) is 2.34. The Kier molecular flexibility index (Phi) is 4.26. The molecule has 0 aliphatic heterocycles. The summed E-state index contributed by atoms with van der Waals surface area (Å²) >= 11 is 0. The molecule has 3 heteroatoms. The summed E-state index contributed by atoms with van der Waals surface area (Å²) in [6, 6.07) is 0. The van der Waals surface area contributed by atoms with Crippen molar-refractivity contribution in [1.29, 1.82) is 0 Å². The van der Waals surface area contributed by atoms with E-state index in [9.17, 15) is 4.57 Å². The van der Waals surface area contributed by atoms with E-state index in [0.717, 1.165) is 0 Å². The van der Waals surface area contributed by atoms with E-state index in [0.29, 0.717) is 12.3 Å². The number of hydrogen-bond acceptors (Lipinski definition) is 2. The third kappa shape index (κ3) is 3.90. The topological polar surface area (TPSA) is 37.3 Å². The Morgan fingerprint density at radius 2 is 2.29 bits per heavy atom. The van der Waals surface area contributed by atoms with Crippen LogP contribution in [0.3, 0.4) is 0 Å². The second-order valence-corrected chi connectivity index (χ2v) is 3.29.